The second-order valence-corrected chi connectivity index (χ2v) is 4.52. The van der Waals surface area contributed by atoms with Gasteiger partial charge in [-0.1, -0.05) is 6.42 Å². The molecule has 1 aliphatic rings. The van der Waals surface area contributed by atoms with E-state index in [0.717, 1.165) is 25.7 Å². The van der Waals surface area contributed by atoms with Crippen molar-refractivity contribution in [3.8, 4) is 5.75 Å². The Balaban J connectivity index is 1.99. The molecule has 18 heavy (non-hydrogen) atoms. The molecular formula is C14H18O4. The van der Waals surface area contributed by atoms with Crippen molar-refractivity contribution < 1.29 is 19.4 Å². The lowest BCUT2D eigenvalue weighted by Crippen LogP contribution is -2.34. The summed E-state index contributed by atoms with van der Waals surface area (Å²) in [4.78, 5) is 11.3. The van der Waals surface area contributed by atoms with Gasteiger partial charge in [0.05, 0.1) is 18.8 Å². The van der Waals surface area contributed by atoms with Crippen LogP contribution in [0.3, 0.4) is 0 Å². The van der Waals surface area contributed by atoms with Crippen molar-refractivity contribution in [2.24, 2.45) is 0 Å². The molecule has 0 heterocycles. The normalized spacial score (nSPS) is 23.4. The number of ether oxygens (including phenoxy) is 2. The van der Waals surface area contributed by atoms with Gasteiger partial charge in [-0.2, -0.15) is 0 Å². The smallest absolute Gasteiger partial charge is 0.337 e. The van der Waals surface area contributed by atoms with Crippen LogP contribution < -0.4 is 4.74 Å². The zero-order valence-corrected chi connectivity index (χ0v) is 10.5. The van der Waals surface area contributed by atoms with Gasteiger partial charge in [-0.3, -0.25) is 0 Å². The molecule has 0 spiro atoms. The summed E-state index contributed by atoms with van der Waals surface area (Å²) in [6, 6.07) is 6.79. The maximum absolute atomic E-state index is 11.3. The van der Waals surface area contributed by atoms with Crippen LogP contribution in [-0.2, 0) is 4.74 Å². The predicted octanol–water partition coefficient (Wildman–Crippen LogP) is 2.16. The number of hydrogen-bond donors (Lipinski definition) is 1. The standard InChI is InChI=1S/C14H18O4/c1-17-14(16)10-6-8-11(9-7-10)18-13-5-3-2-4-12(13)15/h6-9,12-13,15H,2-5H2,1H3. The highest BCUT2D eigenvalue weighted by Crippen LogP contribution is 2.24. The Morgan fingerprint density at radius 1 is 1.22 bits per heavy atom. The molecule has 1 N–H and O–H groups in total. The number of rotatable bonds is 3. The first-order chi connectivity index (χ1) is 8.70. The van der Waals surface area contributed by atoms with E-state index in [4.69, 9.17) is 4.74 Å². The number of benzene rings is 1. The van der Waals surface area contributed by atoms with Crippen LogP contribution >= 0.6 is 0 Å². The molecule has 0 bridgehead atoms. The van der Waals surface area contributed by atoms with Gasteiger partial charge in [0.2, 0.25) is 0 Å². The number of methoxy groups -OCH3 is 1. The van der Waals surface area contributed by atoms with Gasteiger partial charge >= 0.3 is 5.97 Å². The number of esters is 1. The Hall–Kier alpha value is -1.55. The summed E-state index contributed by atoms with van der Waals surface area (Å²) in [6.07, 6.45) is 3.29. The van der Waals surface area contributed by atoms with Crippen LogP contribution in [0.1, 0.15) is 36.0 Å². The molecule has 2 unspecified atom stereocenters. The lowest BCUT2D eigenvalue weighted by atomic mass is 9.95. The third kappa shape index (κ3) is 3.01. The van der Waals surface area contributed by atoms with Gasteiger partial charge in [0.15, 0.2) is 0 Å². The van der Waals surface area contributed by atoms with Crippen LogP contribution in [0, 0.1) is 0 Å². The van der Waals surface area contributed by atoms with Crippen LogP contribution in [0.2, 0.25) is 0 Å². The van der Waals surface area contributed by atoms with Gasteiger partial charge < -0.3 is 14.6 Å². The fraction of sp³-hybridized carbons (Fsp3) is 0.500. The third-order valence-electron chi connectivity index (χ3n) is 3.23. The van der Waals surface area contributed by atoms with Gasteiger partial charge in [0.1, 0.15) is 11.9 Å². The van der Waals surface area contributed by atoms with E-state index in [2.05, 4.69) is 4.74 Å². The summed E-state index contributed by atoms with van der Waals surface area (Å²) in [5.41, 5.74) is 0.494. The third-order valence-corrected chi connectivity index (χ3v) is 3.23. The largest absolute Gasteiger partial charge is 0.488 e. The summed E-state index contributed by atoms with van der Waals surface area (Å²) in [6.45, 7) is 0. The van der Waals surface area contributed by atoms with Crippen molar-refractivity contribution >= 4 is 5.97 Å². The molecule has 98 valence electrons. The molecule has 0 saturated heterocycles. The van der Waals surface area contributed by atoms with Gasteiger partial charge in [-0.05, 0) is 43.5 Å². The molecule has 1 aromatic carbocycles. The lowest BCUT2D eigenvalue weighted by Gasteiger charge is -2.28. The number of carbonyl (C=O) groups excluding carboxylic acids is 1. The van der Waals surface area contributed by atoms with Gasteiger partial charge in [-0.25, -0.2) is 4.79 Å². The highest BCUT2D eigenvalue weighted by Gasteiger charge is 2.24. The zero-order chi connectivity index (χ0) is 13.0. The van der Waals surface area contributed by atoms with Crippen molar-refractivity contribution in [1.29, 1.82) is 0 Å². The zero-order valence-electron chi connectivity index (χ0n) is 10.5. The van der Waals surface area contributed by atoms with E-state index < -0.39 is 0 Å². The number of hydrogen-bond acceptors (Lipinski definition) is 4. The first kappa shape index (κ1) is 12.9. The fourth-order valence-electron chi connectivity index (χ4n) is 2.18. The van der Waals surface area contributed by atoms with Crippen LogP contribution in [0.25, 0.3) is 0 Å². The molecule has 2 rings (SSSR count). The number of aliphatic hydroxyl groups is 1. The molecule has 0 amide bonds. The Bertz CT molecular complexity index is 399. The van der Waals surface area contributed by atoms with Gasteiger partial charge in [0.25, 0.3) is 0 Å². The summed E-state index contributed by atoms with van der Waals surface area (Å²) in [5, 5.41) is 9.81. The van der Waals surface area contributed by atoms with Gasteiger partial charge in [-0.15, -0.1) is 0 Å². The minimum atomic E-state index is -0.390. The average molecular weight is 250 g/mol. The van der Waals surface area contributed by atoms with Crippen LogP contribution in [-0.4, -0.2) is 30.4 Å². The summed E-state index contributed by atoms with van der Waals surface area (Å²) in [5.74, 6) is 0.313. The summed E-state index contributed by atoms with van der Waals surface area (Å²) in [7, 11) is 1.35. The van der Waals surface area contributed by atoms with Crippen molar-refractivity contribution in [2.45, 2.75) is 37.9 Å². The molecule has 1 saturated carbocycles. The summed E-state index contributed by atoms with van der Waals surface area (Å²) < 4.78 is 10.4. The van der Waals surface area contributed by atoms with Crippen LogP contribution in [0.15, 0.2) is 24.3 Å². The molecule has 0 aliphatic heterocycles. The highest BCUT2D eigenvalue weighted by molar-refractivity contribution is 5.89. The minimum Gasteiger partial charge on any atom is -0.488 e. The van der Waals surface area contributed by atoms with E-state index in [9.17, 15) is 9.90 Å². The molecule has 1 aliphatic carbocycles. The van der Waals surface area contributed by atoms with E-state index in [1.165, 1.54) is 7.11 Å². The summed E-state index contributed by atoms with van der Waals surface area (Å²) >= 11 is 0. The molecule has 4 heteroatoms. The molecule has 1 fully saturated rings. The van der Waals surface area contributed by atoms with Gasteiger partial charge in [0, 0.05) is 0 Å². The molecule has 4 nitrogen and oxygen atoms in total. The van der Waals surface area contributed by atoms with E-state index >= 15 is 0 Å². The molecule has 2 atom stereocenters. The second-order valence-electron chi connectivity index (χ2n) is 4.52. The highest BCUT2D eigenvalue weighted by atomic mass is 16.5. The maximum Gasteiger partial charge on any atom is 0.337 e. The molecular weight excluding hydrogens is 232 g/mol. The Morgan fingerprint density at radius 3 is 2.50 bits per heavy atom. The Morgan fingerprint density at radius 2 is 1.89 bits per heavy atom. The van der Waals surface area contributed by atoms with Crippen molar-refractivity contribution in [3.63, 3.8) is 0 Å². The average Bonchev–Trinajstić information content (AvgIpc) is 2.41. The van der Waals surface area contributed by atoms with E-state index in [-0.39, 0.29) is 18.2 Å². The monoisotopic (exact) mass is 250 g/mol. The fourth-order valence-corrected chi connectivity index (χ4v) is 2.18. The van der Waals surface area contributed by atoms with Crippen molar-refractivity contribution in [1.82, 2.24) is 0 Å². The van der Waals surface area contributed by atoms with Crippen molar-refractivity contribution in [3.05, 3.63) is 29.8 Å². The molecule has 0 radical (unpaired) electrons. The minimum absolute atomic E-state index is 0.136. The van der Waals surface area contributed by atoms with E-state index in [1.54, 1.807) is 24.3 Å². The predicted molar refractivity (Wildman–Crippen MR) is 66.7 cm³/mol. The lowest BCUT2D eigenvalue weighted by molar-refractivity contribution is 0.00685. The quantitative estimate of drug-likeness (QED) is 0.835. The number of aliphatic hydroxyl groups excluding tert-OH is 1. The number of carbonyl (C=O) groups is 1. The topological polar surface area (TPSA) is 55.8 Å². The van der Waals surface area contributed by atoms with E-state index in [1.807, 2.05) is 0 Å². The Labute approximate surface area is 107 Å². The Kier molecular flexibility index (Phi) is 4.20. The van der Waals surface area contributed by atoms with Crippen LogP contribution in [0.5, 0.6) is 5.75 Å². The first-order valence-electron chi connectivity index (χ1n) is 6.24. The SMILES string of the molecule is COC(=O)c1ccc(OC2CCCCC2O)cc1. The first-order valence-corrected chi connectivity index (χ1v) is 6.24. The second kappa shape index (κ2) is 5.87. The molecule has 0 aromatic heterocycles. The van der Waals surface area contributed by atoms with Crippen LogP contribution in [0.4, 0.5) is 0 Å². The molecule has 1 aromatic rings. The van der Waals surface area contributed by atoms with Crippen molar-refractivity contribution in [2.75, 3.05) is 7.11 Å². The maximum atomic E-state index is 11.3. The van der Waals surface area contributed by atoms with E-state index in [0.29, 0.717) is 11.3 Å².